The molecule has 1 saturated carbocycles. The SMILES string of the molecule is COCCNC=C1C(=O)CC(c2ccccc2)CC1=O. The van der Waals surface area contributed by atoms with Gasteiger partial charge in [0, 0.05) is 32.7 Å². The number of carbonyl (C=O) groups is 2. The van der Waals surface area contributed by atoms with Gasteiger partial charge in [0.1, 0.15) is 0 Å². The fourth-order valence-electron chi connectivity index (χ4n) is 2.35. The van der Waals surface area contributed by atoms with Crippen molar-refractivity contribution in [1.29, 1.82) is 0 Å². The minimum atomic E-state index is -0.0833. The molecule has 4 nitrogen and oxygen atoms in total. The highest BCUT2D eigenvalue weighted by atomic mass is 16.5. The van der Waals surface area contributed by atoms with Crippen LogP contribution in [0.2, 0.25) is 0 Å². The summed E-state index contributed by atoms with van der Waals surface area (Å²) in [6.45, 7) is 1.13. The van der Waals surface area contributed by atoms with Gasteiger partial charge in [0.05, 0.1) is 12.2 Å². The lowest BCUT2D eigenvalue weighted by atomic mass is 9.80. The Labute approximate surface area is 118 Å². The lowest BCUT2D eigenvalue weighted by Gasteiger charge is -2.22. The van der Waals surface area contributed by atoms with E-state index in [9.17, 15) is 9.59 Å². The van der Waals surface area contributed by atoms with Gasteiger partial charge in [0.2, 0.25) is 0 Å². The van der Waals surface area contributed by atoms with E-state index in [2.05, 4.69) is 5.32 Å². The summed E-state index contributed by atoms with van der Waals surface area (Å²) in [5.41, 5.74) is 1.34. The minimum Gasteiger partial charge on any atom is -0.388 e. The summed E-state index contributed by atoms with van der Waals surface area (Å²) in [5, 5.41) is 2.94. The van der Waals surface area contributed by atoms with Crippen LogP contribution in [0.4, 0.5) is 0 Å². The Morgan fingerprint density at radius 2 is 1.85 bits per heavy atom. The molecular weight excluding hydrogens is 254 g/mol. The van der Waals surface area contributed by atoms with Gasteiger partial charge in [-0.2, -0.15) is 0 Å². The molecule has 0 heterocycles. The highest BCUT2D eigenvalue weighted by Gasteiger charge is 2.31. The number of ketones is 2. The normalized spacial score (nSPS) is 19.1. The van der Waals surface area contributed by atoms with E-state index in [0.29, 0.717) is 26.0 Å². The molecule has 106 valence electrons. The van der Waals surface area contributed by atoms with Crippen LogP contribution in [0.25, 0.3) is 0 Å². The second-order valence-electron chi connectivity index (χ2n) is 4.87. The Balaban J connectivity index is 2.02. The number of carbonyl (C=O) groups excluding carboxylic acids is 2. The third kappa shape index (κ3) is 3.54. The van der Waals surface area contributed by atoms with E-state index in [1.165, 1.54) is 6.20 Å². The van der Waals surface area contributed by atoms with Crippen LogP contribution in [0, 0.1) is 0 Å². The number of benzene rings is 1. The van der Waals surface area contributed by atoms with E-state index in [4.69, 9.17) is 4.74 Å². The zero-order valence-corrected chi connectivity index (χ0v) is 11.6. The van der Waals surface area contributed by atoms with E-state index in [1.54, 1.807) is 7.11 Å². The Morgan fingerprint density at radius 3 is 2.45 bits per heavy atom. The van der Waals surface area contributed by atoms with Crippen molar-refractivity contribution >= 4 is 11.6 Å². The first-order valence-corrected chi connectivity index (χ1v) is 6.76. The van der Waals surface area contributed by atoms with Crippen molar-refractivity contribution in [3.8, 4) is 0 Å². The topological polar surface area (TPSA) is 55.4 Å². The summed E-state index contributed by atoms with van der Waals surface area (Å²) in [6.07, 6.45) is 2.33. The molecule has 1 aromatic rings. The minimum absolute atomic E-state index is 0.00678. The monoisotopic (exact) mass is 273 g/mol. The average molecular weight is 273 g/mol. The summed E-state index contributed by atoms with van der Waals surface area (Å²) in [4.78, 5) is 24.2. The van der Waals surface area contributed by atoms with Crippen LogP contribution >= 0.6 is 0 Å². The fraction of sp³-hybridized carbons (Fsp3) is 0.375. The van der Waals surface area contributed by atoms with E-state index >= 15 is 0 Å². The number of Topliss-reactive ketones (excluding diaryl/α,β-unsaturated/α-hetero) is 2. The molecule has 0 saturated heterocycles. The number of rotatable bonds is 5. The number of ether oxygens (including phenoxy) is 1. The summed E-state index contributed by atoms with van der Waals surface area (Å²) >= 11 is 0. The highest BCUT2D eigenvalue weighted by Crippen LogP contribution is 2.31. The molecule has 1 aliphatic carbocycles. The van der Waals surface area contributed by atoms with Crippen LogP contribution in [0.5, 0.6) is 0 Å². The van der Waals surface area contributed by atoms with Crippen LogP contribution in [0.15, 0.2) is 42.1 Å². The molecule has 0 aliphatic heterocycles. The first kappa shape index (κ1) is 14.5. The molecule has 0 unspecified atom stereocenters. The van der Waals surface area contributed by atoms with Gasteiger partial charge in [0.25, 0.3) is 0 Å². The molecule has 0 bridgehead atoms. The quantitative estimate of drug-likeness (QED) is 0.505. The summed E-state index contributed by atoms with van der Waals surface area (Å²) in [7, 11) is 1.61. The average Bonchev–Trinajstić information content (AvgIpc) is 2.46. The first-order valence-electron chi connectivity index (χ1n) is 6.76. The molecule has 2 rings (SSSR count). The maximum Gasteiger partial charge on any atom is 0.168 e. The van der Waals surface area contributed by atoms with Crippen molar-refractivity contribution < 1.29 is 14.3 Å². The number of methoxy groups -OCH3 is 1. The molecule has 0 aromatic heterocycles. The van der Waals surface area contributed by atoms with E-state index in [0.717, 1.165) is 5.56 Å². The number of hydrogen-bond acceptors (Lipinski definition) is 4. The van der Waals surface area contributed by atoms with Crippen LogP contribution in [-0.2, 0) is 14.3 Å². The van der Waals surface area contributed by atoms with Gasteiger partial charge >= 0.3 is 0 Å². The fourth-order valence-corrected chi connectivity index (χ4v) is 2.35. The molecule has 20 heavy (non-hydrogen) atoms. The van der Waals surface area contributed by atoms with Crippen molar-refractivity contribution in [3.05, 3.63) is 47.7 Å². The number of allylic oxidation sites excluding steroid dienone is 1. The van der Waals surface area contributed by atoms with Gasteiger partial charge in [-0.15, -0.1) is 0 Å². The van der Waals surface area contributed by atoms with E-state index in [-0.39, 0.29) is 23.1 Å². The molecule has 0 radical (unpaired) electrons. The van der Waals surface area contributed by atoms with Gasteiger partial charge in [-0.05, 0) is 11.5 Å². The highest BCUT2D eigenvalue weighted by molar-refractivity contribution is 6.22. The predicted molar refractivity (Wildman–Crippen MR) is 76.4 cm³/mol. The van der Waals surface area contributed by atoms with Crippen LogP contribution in [0.3, 0.4) is 0 Å². The molecule has 1 aromatic carbocycles. The Morgan fingerprint density at radius 1 is 1.20 bits per heavy atom. The third-order valence-corrected chi connectivity index (χ3v) is 3.43. The van der Waals surface area contributed by atoms with Crippen molar-refractivity contribution in [2.75, 3.05) is 20.3 Å². The van der Waals surface area contributed by atoms with Crippen molar-refractivity contribution in [2.45, 2.75) is 18.8 Å². The number of nitrogens with one attached hydrogen (secondary N) is 1. The summed E-state index contributed by atoms with van der Waals surface area (Å²) in [6, 6.07) is 9.73. The third-order valence-electron chi connectivity index (χ3n) is 3.43. The molecular formula is C16H19NO3. The van der Waals surface area contributed by atoms with E-state index < -0.39 is 0 Å². The lowest BCUT2D eigenvalue weighted by molar-refractivity contribution is -0.124. The Hall–Kier alpha value is -1.94. The number of hydrogen-bond donors (Lipinski definition) is 1. The standard InChI is InChI=1S/C16H19NO3/c1-20-8-7-17-11-14-15(18)9-13(10-16(14)19)12-5-3-2-4-6-12/h2-6,11,13,17H,7-10H2,1H3. The Kier molecular flexibility index (Phi) is 5.07. The van der Waals surface area contributed by atoms with Crippen molar-refractivity contribution in [2.24, 2.45) is 0 Å². The van der Waals surface area contributed by atoms with E-state index in [1.807, 2.05) is 30.3 Å². The lowest BCUT2D eigenvalue weighted by Crippen LogP contribution is -2.27. The first-order chi connectivity index (χ1) is 9.72. The zero-order chi connectivity index (χ0) is 14.4. The van der Waals surface area contributed by atoms with Gasteiger partial charge in [0.15, 0.2) is 11.6 Å². The van der Waals surface area contributed by atoms with Gasteiger partial charge in [-0.25, -0.2) is 0 Å². The maximum atomic E-state index is 12.1. The molecule has 4 heteroatoms. The molecule has 0 amide bonds. The van der Waals surface area contributed by atoms with Gasteiger partial charge in [-0.3, -0.25) is 9.59 Å². The molecule has 1 fully saturated rings. The molecule has 0 atom stereocenters. The Bertz CT molecular complexity index is 488. The smallest absolute Gasteiger partial charge is 0.168 e. The van der Waals surface area contributed by atoms with Crippen molar-refractivity contribution in [1.82, 2.24) is 5.32 Å². The predicted octanol–water partition coefficient (Wildman–Crippen LogP) is 1.82. The largest absolute Gasteiger partial charge is 0.388 e. The van der Waals surface area contributed by atoms with Crippen LogP contribution in [-0.4, -0.2) is 31.8 Å². The van der Waals surface area contributed by atoms with Crippen LogP contribution < -0.4 is 5.32 Å². The van der Waals surface area contributed by atoms with Crippen molar-refractivity contribution in [3.63, 3.8) is 0 Å². The molecule has 1 N–H and O–H groups in total. The summed E-state index contributed by atoms with van der Waals surface area (Å²) in [5.74, 6) is -0.160. The molecule has 0 spiro atoms. The van der Waals surface area contributed by atoms with Crippen LogP contribution in [0.1, 0.15) is 24.3 Å². The summed E-state index contributed by atoms with van der Waals surface area (Å²) < 4.78 is 4.90. The maximum absolute atomic E-state index is 12.1. The zero-order valence-electron chi connectivity index (χ0n) is 11.6. The second kappa shape index (κ2) is 7.01. The molecule has 1 aliphatic rings. The second-order valence-corrected chi connectivity index (χ2v) is 4.87. The van der Waals surface area contributed by atoms with Gasteiger partial charge < -0.3 is 10.1 Å². The van der Waals surface area contributed by atoms with Gasteiger partial charge in [-0.1, -0.05) is 30.3 Å².